The lowest BCUT2D eigenvalue weighted by atomic mass is 10.1. The Bertz CT molecular complexity index is 1240. The quantitative estimate of drug-likeness (QED) is 0.603. The highest BCUT2D eigenvalue weighted by atomic mass is 35.5. The highest BCUT2D eigenvalue weighted by molar-refractivity contribution is 7.90. The first-order chi connectivity index (χ1) is 16.5. The molecule has 0 bridgehead atoms. The van der Waals surface area contributed by atoms with Crippen molar-refractivity contribution in [2.24, 2.45) is 0 Å². The van der Waals surface area contributed by atoms with Crippen molar-refractivity contribution in [2.45, 2.75) is 39.0 Å². The summed E-state index contributed by atoms with van der Waals surface area (Å²) in [5.74, 6) is -0.277. The maximum atomic E-state index is 13.7. The Balaban J connectivity index is 1.59. The van der Waals surface area contributed by atoms with Crippen molar-refractivity contribution in [3.05, 3.63) is 58.6 Å². The molecule has 10 heteroatoms. The number of hydrogen-bond acceptors (Lipinski definition) is 5. The first kappa shape index (κ1) is 25.3. The van der Waals surface area contributed by atoms with Crippen LogP contribution in [0.4, 0.5) is 16.2 Å². The highest BCUT2D eigenvalue weighted by Crippen LogP contribution is 2.34. The Labute approximate surface area is 212 Å². The van der Waals surface area contributed by atoms with Crippen LogP contribution in [0.15, 0.2) is 42.5 Å². The van der Waals surface area contributed by atoms with Crippen LogP contribution < -0.4 is 9.80 Å². The van der Waals surface area contributed by atoms with E-state index in [9.17, 15) is 18.0 Å². The van der Waals surface area contributed by atoms with Crippen LogP contribution in [0, 0.1) is 13.8 Å². The maximum absolute atomic E-state index is 13.7. The molecule has 2 aromatic rings. The number of halogens is 1. The Kier molecular flexibility index (Phi) is 7.02. The number of carbonyl (C=O) groups excluding carboxylic acids is 2. The third-order valence-electron chi connectivity index (χ3n) is 6.67. The van der Waals surface area contributed by atoms with Crippen molar-refractivity contribution in [1.82, 2.24) is 9.21 Å². The number of hydrogen-bond donors (Lipinski definition) is 0. The van der Waals surface area contributed by atoms with Crippen LogP contribution in [0.25, 0.3) is 0 Å². The molecule has 2 fully saturated rings. The van der Waals surface area contributed by atoms with Gasteiger partial charge < -0.3 is 9.80 Å². The standard InChI is InChI=1S/C25H31ClN4O4S/c1-17(2)35(33,34)29-16-23(30(25(29)32)21-8-6-5-7-20(21)26)24(31)28-13-11-27(12-14-28)22-15-18(3)9-10-19(22)4/h5-10,15,17,23H,11-14,16H2,1-4H3. The lowest BCUT2D eigenvalue weighted by molar-refractivity contribution is -0.132. The first-order valence-corrected chi connectivity index (χ1v) is 13.6. The number of piperazine rings is 1. The second-order valence-corrected chi connectivity index (χ2v) is 12.2. The van der Waals surface area contributed by atoms with Gasteiger partial charge in [0.15, 0.2) is 0 Å². The van der Waals surface area contributed by atoms with Gasteiger partial charge in [-0.2, -0.15) is 0 Å². The van der Waals surface area contributed by atoms with Crippen LogP contribution in [0.3, 0.4) is 0 Å². The van der Waals surface area contributed by atoms with Crippen molar-refractivity contribution in [1.29, 1.82) is 0 Å². The third-order valence-corrected chi connectivity index (χ3v) is 9.10. The largest absolute Gasteiger partial charge is 0.368 e. The van der Waals surface area contributed by atoms with Gasteiger partial charge in [-0.25, -0.2) is 17.5 Å². The van der Waals surface area contributed by atoms with Crippen LogP contribution >= 0.6 is 11.6 Å². The SMILES string of the molecule is Cc1ccc(C)c(N2CCN(C(=O)C3CN(S(=O)(=O)C(C)C)C(=O)N3c3ccccc3Cl)CC2)c1. The minimum Gasteiger partial charge on any atom is -0.368 e. The highest BCUT2D eigenvalue weighted by Gasteiger charge is 2.49. The predicted octanol–water partition coefficient (Wildman–Crippen LogP) is 3.65. The molecule has 4 rings (SSSR count). The van der Waals surface area contributed by atoms with Gasteiger partial charge in [-0.1, -0.05) is 35.9 Å². The van der Waals surface area contributed by atoms with E-state index in [-0.39, 0.29) is 17.5 Å². The monoisotopic (exact) mass is 518 g/mol. The molecular weight excluding hydrogens is 488 g/mol. The number of benzene rings is 2. The molecule has 0 saturated carbocycles. The number of anilines is 2. The Morgan fingerprint density at radius 2 is 1.66 bits per heavy atom. The average molecular weight is 519 g/mol. The predicted molar refractivity (Wildman–Crippen MR) is 139 cm³/mol. The van der Waals surface area contributed by atoms with Gasteiger partial charge in [-0.05, 0) is 57.0 Å². The van der Waals surface area contributed by atoms with Crippen LogP contribution in [0.1, 0.15) is 25.0 Å². The molecule has 0 radical (unpaired) electrons. The fourth-order valence-corrected chi connectivity index (χ4v) is 5.97. The minimum atomic E-state index is -3.91. The molecule has 2 aromatic carbocycles. The summed E-state index contributed by atoms with van der Waals surface area (Å²) in [6.45, 7) is 9.18. The molecule has 0 aromatic heterocycles. The third kappa shape index (κ3) is 4.71. The van der Waals surface area contributed by atoms with E-state index in [0.717, 1.165) is 9.99 Å². The molecule has 3 amide bonds. The van der Waals surface area contributed by atoms with Gasteiger partial charge in [0.05, 0.1) is 22.5 Å². The number of nitrogens with zero attached hydrogens (tertiary/aromatic N) is 4. The smallest absolute Gasteiger partial charge is 0.339 e. The molecule has 1 atom stereocenters. The van der Waals surface area contributed by atoms with Gasteiger partial charge in [0, 0.05) is 31.9 Å². The fraction of sp³-hybridized carbons (Fsp3) is 0.440. The molecule has 35 heavy (non-hydrogen) atoms. The Morgan fingerprint density at radius 3 is 2.29 bits per heavy atom. The summed E-state index contributed by atoms with van der Waals surface area (Å²) in [5.41, 5.74) is 3.83. The Morgan fingerprint density at radius 1 is 1.00 bits per heavy atom. The molecule has 0 aliphatic carbocycles. The second kappa shape index (κ2) is 9.70. The second-order valence-electron chi connectivity index (χ2n) is 9.35. The molecule has 0 N–H and O–H groups in total. The number of rotatable bonds is 5. The summed E-state index contributed by atoms with van der Waals surface area (Å²) in [6, 6.07) is 11.3. The van der Waals surface area contributed by atoms with E-state index >= 15 is 0 Å². The first-order valence-electron chi connectivity index (χ1n) is 11.7. The van der Waals surface area contributed by atoms with Gasteiger partial charge in [0.1, 0.15) is 6.04 Å². The number of amides is 3. The normalized spacial score (nSPS) is 19.1. The van der Waals surface area contributed by atoms with E-state index < -0.39 is 27.3 Å². The zero-order valence-corrected chi connectivity index (χ0v) is 22.0. The van der Waals surface area contributed by atoms with Crippen LogP contribution in [0.2, 0.25) is 5.02 Å². The average Bonchev–Trinajstić information content (AvgIpc) is 3.18. The van der Waals surface area contributed by atoms with E-state index in [1.54, 1.807) is 29.2 Å². The number of para-hydroxylation sites is 1. The summed E-state index contributed by atoms with van der Waals surface area (Å²) < 4.78 is 26.7. The van der Waals surface area contributed by atoms with Crippen molar-refractivity contribution < 1.29 is 18.0 Å². The number of carbonyl (C=O) groups is 2. The lowest BCUT2D eigenvalue weighted by Gasteiger charge is -2.38. The number of sulfonamides is 1. The van der Waals surface area contributed by atoms with Crippen LogP contribution in [-0.2, 0) is 14.8 Å². The summed E-state index contributed by atoms with van der Waals surface area (Å²) in [4.78, 5) is 32.3. The van der Waals surface area contributed by atoms with E-state index in [2.05, 4.69) is 36.9 Å². The van der Waals surface area contributed by atoms with Crippen molar-refractivity contribution >= 4 is 44.9 Å². The van der Waals surface area contributed by atoms with Crippen molar-refractivity contribution in [3.63, 3.8) is 0 Å². The van der Waals surface area contributed by atoms with Gasteiger partial charge in [0.2, 0.25) is 15.9 Å². The van der Waals surface area contributed by atoms with Crippen LogP contribution in [-0.4, -0.2) is 73.6 Å². The van der Waals surface area contributed by atoms with Gasteiger partial charge in [-0.15, -0.1) is 0 Å². The lowest BCUT2D eigenvalue weighted by Crippen LogP contribution is -2.55. The molecule has 0 spiro atoms. The molecule has 2 aliphatic rings. The zero-order chi connectivity index (χ0) is 25.5. The molecular formula is C25H31ClN4O4S. The molecule has 2 saturated heterocycles. The molecule has 8 nitrogen and oxygen atoms in total. The van der Waals surface area contributed by atoms with Crippen molar-refractivity contribution in [2.75, 3.05) is 42.5 Å². The van der Waals surface area contributed by atoms with Crippen LogP contribution in [0.5, 0.6) is 0 Å². The maximum Gasteiger partial charge on any atom is 0.339 e. The summed E-state index contributed by atoms with van der Waals surface area (Å²) in [6.07, 6.45) is 0. The minimum absolute atomic E-state index is 0.236. The topological polar surface area (TPSA) is 81.2 Å². The van der Waals surface area contributed by atoms with Gasteiger partial charge in [0.25, 0.3) is 0 Å². The van der Waals surface area contributed by atoms with E-state index in [1.165, 1.54) is 29.9 Å². The number of aryl methyl sites for hydroxylation is 2. The van der Waals surface area contributed by atoms with E-state index in [1.807, 2.05) is 0 Å². The van der Waals surface area contributed by atoms with Gasteiger partial charge >= 0.3 is 6.03 Å². The molecule has 1 unspecified atom stereocenters. The molecule has 2 heterocycles. The van der Waals surface area contributed by atoms with Gasteiger partial charge in [-0.3, -0.25) is 9.69 Å². The fourth-order valence-electron chi connectivity index (χ4n) is 4.58. The van der Waals surface area contributed by atoms with E-state index in [0.29, 0.717) is 31.9 Å². The van der Waals surface area contributed by atoms with E-state index in [4.69, 9.17) is 11.6 Å². The summed E-state index contributed by atoms with van der Waals surface area (Å²) in [5, 5.41) is -0.517. The zero-order valence-electron chi connectivity index (χ0n) is 20.4. The molecule has 188 valence electrons. The Hall–Kier alpha value is -2.78. The summed E-state index contributed by atoms with van der Waals surface area (Å²) >= 11 is 6.37. The summed E-state index contributed by atoms with van der Waals surface area (Å²) in [7, 11) is -3.91. The van der Waals surface area contributed by atoms with Crippen molar-refractivity contribution in [3.8, 4) is 0 Å². The number of urea groups is 1. The molecule has 2 aliphatic heterocycles.